The van der Waals surface area contributed by atoms with Crippen molar-refractivity contribution in [2.24, 2.45) is 0 Å². The quantitative estimate of drug-likeness (QED) is 0.666. The molecule has 2 aromatic carbocycles. The van der Waals surface area contributed by atoms with E-state index in [2.05, 4.69) is 27.3 Å². The van der Waals surface area contributed by atoms with Gasteiger partial charge in [-0.25, -0.2) is 0 Å². The molecule has 0 atom stereocenters. The molecule has 0 bridgehead atoms. The molecule has 0 heterocycles. The number of aryl methyl sites for hydroxylation is 1. The van der Waals surface area contributed by atoms with E-state index in [1.54, 1.807) is 25.1 Å². The van der Waals surface area contributed by atoms with E-state index in [0.29, 0.717) is 22.1 Å². The SMILES string of the molecule is Cc1cc(NCc2ccc(C#N)cc2)c(Br)cc1[N+](=O)[O-]. The Labute approximate surface area is 130 Å². The molecule has 1 N–H and O–H groups in total. The first-order valence-corrected chi connectivity index (χ1v) is 6.98. The molecule has 0 aliphatic heterocycles. The van der Waals surface area contributed by atoms with Gasteiger partial charge in [-0.15, -0.1) is 0 Å². The van der Waals surface area contributed by atoms with Crippen LogP contribution in [0.15, 0.2) is 40.9 Å². The molecule has 0 aliphatic rings. The number of hydrogen-bond donors (Lipinski definition) is 1. The summed E-state index contributed by atoms with van der Waals surface area (Å²) in [7, 11) is 0. The zero-order valence-corrected chi connectivity index (χ0v) is 12.8. The highest BCUT2D eigenvalue weighted by atomic mass is 79.9. The first-order valence-electron chi connectivity index (χ1n) is 6.18. The van der Waals surface area contributed by atoms with E-state index in [-0.39, 0.29) is 5.69 Å². The van der Waals surface area contributed by atoms with Crippen LogP contribution in [0.25, 0.3) is 0 Å². The minimum absolute atomic E-state index is 0.0887. The maximum Gasteiger partial charge on any atom is 0.273 e. The predicted octanol–water partition coefficient (Wildman–Crippen LogP) is 4.15. The highest BCUT2D eigenvalue weighted by Gasteiger charge is 2.13. The second kappa shape index (κ2) is 6.37. The number of nitro benzene ring substituents is 1. The first kappa shape index (κ1) is 15.0. The molecule has 5 nitrogen and oxygen atoms in total. The molecule has 0 aliphatic carbocycles. The van der Waals surface area contributed by atoms with Crippen molar-refractivity contribution in [2.45, 2.75) is 13.5 Å². The largest absolute Gasteiger partial charge is 0.380 e. The van der Waals surface area contributed by atoms with E-state index in [1.807, 2.05) is 12.1 Å². The van der Waals surface area contributed by atoms with Crippen molar-refractivity contribution in [3.8, 4) is 6.07 Å². The van der Waals surface area contributed by atoms with Gasteiger partial charge in [0.1, 0.15) is 0 Å². The normalized spacial score (nSPS) is 9.95. The van der Waals surface area contributed by atoms with Gasteiger partial charge in [0.25, 0.3) is 5.69 Å². The van der Waals surface area contributed by atoms with E-state index in [4.69, 9.17) is 5.26 Å². The molecular formula is C15H12BrN3O2. The third-order valence-corrected chi connectivity index (χ3v) is 3.70. The van der Waals surface area contributed by atoms with E-state index < -0.39 is 4.92 Å². The molecule has 0 spiro atoms. The number of nitriles is 1. The Morgan fingerprint density at radius 1 is 1.33 bits per heavy atom. The second-order valence-corrected chi connectivity index (χ2v) is 5.39. The van der Waals surface area contributed by atoms with Crippen molar-refractivity contribution in [3.63, 3.8) is 0 Å². The van der Waals surface area contributed by atoms with Gasteiger partial charge in [0.15, 0.2) is 0 Å². The third-order valence-electron chi connectivity index (χ3n) is 3.05. The van der Waals surface area contributed by atoms with Gasteiger partial charge in [-0.05, 0) is 46.6 Å². The summed E-state index contributed by atoms with van der Waals surface area (Å²) in [6.07, 6.45) is 0. The Kier molecular flexibility index (Phi) is 4.55. The number of nitro groups is 1. The summed E-state index contributed by atoms with van der Waals surface area (Å²) in [6.45, 7) is 2.28. The lowest BCUT2D eigenvalue weighted by molar-refractivity contribution is -0.385. The van der Waals surface area contributed by atoms with Gasteiger partial charge in [-0.2, -0.15) is 5.26 Å². The Hall–Kier alpha value is -2.39. The number of nitrogens with zero attached hydrogens (tertiary/aromatic N) is 2. The van der Waals surface area contributed by atoms with Crippen molar-refractivity contribution in [1.82, 2.24) is 0 Å². The second-order valence-electron chi connectivity index (χ2n) is 4.54. The van der Waals surface area contributed by atoms with Gasteiger partial charge in [0.2, 0.25) is 0 Å². The van der Waals surface area contributed by atoms with Gasteiger partial charge < -0.3 is 5.32 Å². The zero-order valence-electron chi connectivity index (χ0n) is 11.3. The van der Waals surface area contributed by atoms with Crippen LogP contribution in [0, 0.1) is 28.4 Å². The summed E-state index contributed by atoms with van der Waals surface area (Å²) in [5, 5.41) is 22.8. The zero-order chi connectivity index (χ0) is 15.4. The average Bonchev–Trinajstić information content (AvgIpc) is 2.48. The van der Waals surface area contributed by atoms with Crippen molar-refractivity contribution >= 4 is 27.3 Å². The summed E-state index contributed by atoms with van der Waals surface area (Å²) >= 11 is 3.34. The highest BCUT2D eigenvalue weighted by Crippen LogP contribution is 2.30. The molecule has 0 saturated carbocycles. The lowest BCUT2D eigenvalue weighted by Crippen LogP contribution is -2.01. The number of benzene rings is 2. The summed E-state index contributed by atoms with van der Waals surface area (Å²) < 4.78 is 0.647. The van der Waals surface area contributed by atoms with Crippen molar-refractivity contribution in [2.75, 3.05) is 5.32 Å². The molecule has 0 fully saturated rings. The summed E-state index contributed by atoms with van der Waals surface area (Å²) in [4.78, 5) is 10.5. The first-order chi connectivity index (χ1) is 10.0. The molecule has 0 aromatic heterocycles. The molecule has 21 heavy (non-hydrogen) atoms. The molecule has 0 amide bonds. The Bertz CT molecular complexity index is 721. The molecular weight excluding hydrogens is 334 g/mol. The number of nitrogens with one attached hydrogen (secondary N) is 1. The van der Waals surface area contributed by atoms with Crippen LogP contribution in [0.1, 0.15) is 16.7 Å². The number of rotatable bonds is 4. The van der Waals surface area contributed by atoms with E-state index in [0.717, 1.165) is 11.3 Å². The lowest BCUT2D eigenvalue weighted by atomic mass is 10.1. The minimum Gasteiger partial charge on any atom is -0.380 e. The maximum absolute atomic E-state index is 10.9. The predicted molar refractivity (Wildman–Crippen MR) is 84.0 cm³/mol. The number of hydrogen-bond acceptors (Lipinski definition) is 4. The maximum atomic E-state index is 10.9. The van der Waals surface area contributed by atoms with Gasteiger partial charge in [0, 0.05) is 28.3 Å². The van der Waals surface area contributed by atoms with Crippen molar-refractivity contribution < 1.29 is 4.92 Å². The smallest absolute Gasteiger partial charge is 0.273 e. The van der Waals surface area contributed by atoms with Crippen LogP contribution >= 0.6 is 15.9 Å². The van der Waals surface area contributed by atoms with Crippen LogP contribution in [0.3, 0.4) is 0 Å². The Morgan fingerprint density at radius 3 is 2.57 bits per heavy atom. The van der Waals surface area contributed by atoms with Crippen molar-refractivity contribution in [1.29, 1.82) is 5.26 Å². The Morgan fingerprint density at radius 2 is 2.00 bits per heavy atom. The van der Waals surface area contributed by atoms with E-state index >= 15 is 0 Å². The van der Waals surface area contributed by atoms with E-state index in [9.17, 15) is 10.1 Å². The molecule has 6 heteroatoms. The molecule has 106 valence electrons. The topological polar surface area (TPSA) is 79.0 Å². The molecule has 0 saturated heterocycles. The van der Waals surface area contributed by atoms with Gasteiger partial charge in [0.05, 0.1) is 16.6 Å². The number of halogens is 1. The van der Waals surface area contributed by atoms with Gasteiger partial charge in [-0.3, -0.25) is 10.1 Å². The van der Waals surface area contributed by atoms with Crippen LogP contribution < -0.4 is 5.32 Å². The monoisotopic (exact) mass is 345 g/mol. The van der Waals surface area contributed by atoms with Crippen LogP contribution in [-0.2, 0) is 6.54 Å². The summed E-state index contributed by atoms with van der Waals surface area (Å²) in [6, 6.07) is 12.6. The summed E-state index contributed by atoms with van der Waals surface area (Å²) in [5.41, 5.74) is 3.13. The lowest BCUT2D eigenvalue weighted by Gasteiger charge is -2.10. The Balaban J connectivity index is 2.14. The molecule has 0 unspecified atom stereocenters. The average molecular weight is 346 g/mol. The standard InChI is InChI=1S/C15H12BrN3O2/c1-10-6-14(13(16)7-15(10)19(20)21)18-9-12-4-2-11(8-17)3-5-12/h2-7,18H,9H2,1H3. The van der Waals surface area contributed by atoms with Crippen LogP contribution in [-0.4, -0.2) is 4.92 Å². The highest BCUT2D eigenvalue weighted by molar-refractivity contribution is 9.10. The van der Waals surface area contributed by atoms with Crippen LogP contribution in [0.4, 0.5) is 11.4 Å². The van der Waals surface area contributed by atoms with E-state index in [1.165, 1.54) is 6.07 Å². The molecule has 0 radical (unpaired) electrons. The molecule has 2 rings (SSSR count). The summed E-state index contributed by atoms with van der Waals surface area (Å²) in [5.74, 6) is 0. The molecule has 2 aromatic rings. The minimum atomic E-state index is -0.398. The third kappa shape index (κ3) is 3.58. The van der Waals surface area contributed by atoms with Gasteiger partial charge in [-0.1, -0.05) is 12.1 Å². The van der Waals surface area contributed by atoms with Crippen molar-refractivity contribution in [3.05, 3.63) is 67.7 Å². The fraction of sp³-hybridized carbons (Fsp3) is 0.133. The van der Waals surface area contributed by atoms with Gasteiger partial charge >= 0.3 is 0 Å². The fourth-order valence-corrected chi connectivity index (χ4v) is 2.37. The fourth-order valence-electron chi connectivity index (χ4n) is 1.90. The van der Waals surface area contributed by atoms with Crippen LogP contribution in [0.5, 0.6) is 0 Å². The number of anilines is 1. The van der Waals surface area contributed by atoms with Crippen LogP contribution in [0.2, 0.25) is 0 Å².